The maximum atomic E-state index is 12.5. The fourth-order valence-electron chi connectivity index (χ4n) is 2.78. The predicted molar refractivity (Wildman–Crippen MR) is 99.9 cm³/mol. The van der Waals surface area contributed by atoms with Crippen LogP contribution in [0.5, 0.6) is 0 Å². The van der Waals surface area contributed by atoms with Gasteiger partial charge in [0.25, 0.3) is 5.91 Å². The summed E-state index contributed by atoms with van der Waals surface area (Å²) < 4.78 is 0. The van der Waals surface area contributed by atoms with E-state index in [4.69, 9.17) is 17.3 Å². The summed E-state index contributed by atoms with van der Waals surface area (Å²) in [6.45, 7) is 0. The van der Waals surface area contributed by atoms with E-state index in [0.29, 0.717) is 5.02 Å². The molecule has 0 aliphatic heterocycles. The van der Waals surface area contributed by atoms with Gasteiger partial charge in [-0.3, -0.25) is 9.59 Å². The highest BCUT2D eigenvalue weighted by molar-refractivity contribution is 6.31. The summed E-state index contributed by atoms with van der Waals surface area (Å²) in [5.74, 6) is -1.34. The summed E-state index contributed by atoms with van der Waals surface area (Å²) >= 11 is 5.94. The number of fused-ring (bicyclic) bond motifs is 1. The van der Waals surface area contributed by atoms with Crippen LogP contribution in [0, 0.1) is 0 Å². The van der Waals surface area contributed by atoms with Gasteiger partial charge in [-0.15, -0.1) is 0 Å². The second kappa shape index (κ2) is 7.59. The van der Waals surface area contributed by atoms with E-state index in [-0.39, 0.29) is 12.1 Å². The van der Waals surface area contributed by atoms with Crippen molar-refractivity contribution in [2.75, 3.05) is 0 Å². The summed E-state index contributed by atoms with van der Waals surface area (Å²) in [7, 11) is 0. The normalized spacial score (nSPS) is 13.3. The topological polar surface area (TPSA) is 108 Å². The molecule has 134 valence electrons. The van der Waals surface area contributed by atoms with Gasteiger partial charge in [-0.05, 0) is 29.8 Å². The summed E-state index contributed by atoms with van der Waals surface area (Å²) in [6.07, 6.45) is -0.950. The van der Waals surface area contributed by atoms with Gasteiger partial charge in [0, 0.05) is 22.3 Å². The number of hydrogen-bond donors (Lipinski definition) is 4. The van der Waals surface area contributed by atoms with E-state index in [1.165, 1.54) is 0 Å². The molecule has 0 saturated carbocycles. The Bertz CT molecular complexity index is 940. The molecule has 2 amide bonds. The number of aromatic amines is 1. The molecule has 0 unspecified atom stereocenters. The first-order valence-corrected chi connectivity index (χ1v) is 8.42. The molecule has 0 spiro atoms. The first-order chi connectivity index (χ1) is 12.4. The molecule has 2 atom stereocenters. The lowest BCUT2D eigenvalue weighted by Crippen LogP contribution is -2.52. The number of carbonyl (C=O) groups excluding carboxylic acids is 2. The number of halogens is 1. The molecule has 26 heavy (non-hydrogen) atoms. The van der Waals surface area contributed by atoms with Gasteiger partial charge in [0.2, 0.25) is 5.91 Å². The molecular formula is C19H18ClN3O3. The standard InChI is InChI=1S/C19H18ClN3O3/c20-13-6-7-14-12(9-13)10-15(22-14)19(26)23-17(18(21)25)16(24)8-11-4-2-1-3-5-11/h1-7,9-10,16-17,22,24H,8H2,(H2,21,25)(H,23,26)/t16-,17+/m0/s1. The minimum absolute atomic E-state index is 0.192. The van der Waals surface area contributed by atoms with Crippen molar-refractivity contribution in [1.82, 2.24) is 10.3 Å². The average Bonchev–Trinajstić information content (AvgIpc) is 3.03. The van der Waals surface area contributed by atoms with E-state index in [9.17, 15) is 14.7 Å². The van der Waals surface area contributed by atoms with Gasteiger partial charge < -0.3 is 21.1 Å². The summed E-state index contributed by atoms with van der Waals surface area (Å²) in [5.41, 5.74) is 7.19. The van der Waals surface area contributed by atoms with Crippen LogP contribution in [0.15, 0.2) is 54.6 Å². The first kappa shape index (κ1) is 18.0. The lowest BCUT2D eigenvalue weighted by atomic mass is 10.0. The minimum Gasteiger partial charge on any atom is -0.390 e. The number of primary amides is 1. The van der Waals surface area contributed by atoms with Crippen molar-refractivity contribution >= 4 is 34.3 Å². The molecule has 3 rings (SSSR count). The van der Waals surface area contributed by atoms with Crippen molar-refractivity contribution in [1.29, 1.82) is 0 Å². The Labute approximate surface area is 155 Å². The fraction of sp³-hybridized carbons (Fsp3) is 0.158. The highest BCUT2D eigenvalue weighted by atomic mass is 35.5. The highest BCUT2D eigenvalue weighted by Gasteiger charge is 2.27. The van der Waals surface area contributed by atoms with Crippen LogP contribution in [-0.2, 0) is 11.2 Å². The minimum atomic E-state index is -1.21. The number of aromatic nitrogens is 1. The lowest BCUT2D eigenvalue weighted by Gasteiger charge is -2.21. The number of benzene rings is 2. The van der Waals surface area contributed by atoms with Crippen molar-refractivity contribution in [2.24, 2.45) is 5.73 Å². The molecule has 6 nitrogen and oxygen atoms in total. The Morgan fingerprint density at radius 3 is 2.58 bits per heavy atom. The van der Waals surface area contributed by atoms with E-state index in [2.05, 4.69) is 10.3 Å². The molecule has 1 heterocycles. The van der Waals surface area contributed by atoms with Crippen LogP contribution in [0.3, 0.4) is 0 Å². The van der Waals surface area contributed by atoms with Crippen LogP contribution in [0.2, 0.25) is 5.02 Å². The Kier molecular flexibility index (Phi) is 5.25. The third-order valence-corrected chi connectivity index (χ3v) is 4.33. The average molecular weight is 372 g/mol. The summed E-state index contributed by atoms with van der Waals surface area (Å²) in [4.78, 5) is 27.2. The van der Waals surface area contributed by atoms with Gasteiger partial charge in [0.1, 0.15) is 11.7 Å². The molecule has 7 heteroatoms. The molecule has 0 bridgehead atoms. The van der Waals surface area contributed by atoms with E-state index in [1.807, 2.05) is 30.3 Å². The number of nitrogens with two attached hydrogens (primary N) is 1. The second-order valence-corrected chi connectivity index (χ2v) is 6.46. The van der Waals surface area contributed by atoms with Crippen molar-refractivity contribution in [3.8, 4) is 0 Å². The number of carbonyl (C=O) groups is 2. The number of aliphatic hydroxyl groups is 1. The molecule has 3 aromatic rings. The van der Waals surface area contributed by atoms with Crippen LogP contribution < -0.4 is 11.1 Å². The zero-order chi connectivity index (χ0) is 18.7. The number of amides is 2. The van der Waals surface area contributed by atoms with Crippen LogP contribution in [-0.4, -0.2) is 34.1 Å². The van der Waals surface area contributed by atoms with E-state index < -0.39 is 24.0 Å². The van der Waals surface area contributed by atoms with Crippen LogP contribution >= 0.6 is 11.6 Å². The van der Waals surface area contributed by atoms with Crippen LogP contribution in [0.25, 0.3) is 10.9 Å². The number of aliphatic hydroxyl groups excluding tert-OH is 1. The molecular weight excluding hydrogens is 354 g/mol. The molecule has 0 saturated heterocycles. The number of hydrogen-bond acceptors (Lipinski definition) is 3. The Morgan fingerprint density at radius 2 is 1.88 bits per heavy atom. The Morgan fingerprint density at radius 1 is 1.15 bits per heavy atom. The quantitative estimate of drug-likeness (QED) is 0.532. The van der Waals surface area contributed by atoms with Gasteiger partial charge in [-0.25, -0.2) is 0 Å². The van der Waals surface area contributed by atoms with Gasteiger partial charge in [0.05, 0.1) is 6.10 Å². The Balaban J connectivity index is 1.75. The van der Waals surface area contributed by atoms with Crippen molar-refractivity contribution in [3.63, 3.8) is 0 Å². The molecule has 0 aliphatic carbocycles. The van der Waals surface area contributed by atoms with Crippen molar-refractivity contribution in [3.05, 3.63) is 70.9 Å². The monoisotopic (exact) mass is 371 g/mol. The maximum Gasteiger partial charge on any atom is 0.268 e. The summed E-state index contributed by atoms with van der Waals surface area (Å²) in [5, 5.41) is 14.2. The van der Waals surface area contributed by atoms with Crippen LogP contribution in [0.4, 0.5) is 0 Å². The van der Waals surface area contributed by atoms with Gasteiger partial charge >= 0.3 is 0 Å². The lowest BCUT2D eigenvalue weighted by molar-refractivity contribution is -0.122. The smallest absolute Gasteiger partial charge is 0.268 e. The molecule has 0 radical (unpaired) electrons. The van der Waals surface area contributed by atoms with Crippen LogP contribution in [0.1, 0.15) is 16.1 Å². The Hall–Kier alpha value is -2.83. The third kappa shape index (κ3) is 4.04. The molecule has 0 aliphatic rings. The summed E-state index contributed by atoms with van der Waals surface area (Å²) in [6, 6.07) is 14.8. The maximum absolute atomic E-state index is 12.5. The first-order valence-electron chi connectivity index (χ1n) is 8.04. The molecule has 1 aromatic heterocycles. The number of rotatable bonds is 6. The van der Waals surface area contributed by atoms with Crippen molar-refractivity contribution < 1.29 is 14.7 Å². The number of H-pyrrole nitrogens is 1. The number of nitrogens with one attached hydrogen (secondary N) is 2. The zero-order valence-electron chi connectivity index (χ0n) is 13.8. The zero-order valence-corrected chi connectivity index (χ0v) is 14.5. The third-order valence-electron chi connectivity index (χ3n) is 4.09. The van der Waals surface area contributed by atoms with E-state index in [0.717, 1.165) is 16.5 Å². The van der Waals surface area contributed by atoms with Gasteiger partial charge in [0.15, 0.2) is 0 Å². The van der Waals surface area contributed by atoms with Gasteiger partial charge in [-0.2, -0.15) is 0 Å². The van der Waals surface area contributed by atoms with Crippen molar-refractivity contribution in [2.45, 2.75) is 18.6 Å². The van der Waals surface area contributed by atoms with E-state index >= 15 is 0 Å². The predicted octanol–water partition coefficient (Wildman–Crippen LogP) is 2.01. The molecule has 5 N–H and O–H groups in total. The SMILES string of the molecule is NC(=O)[C@H](NC(=O)c1cc2cc(Cl)ccc2[nH]1)[C@@H](O)Cc1ccccc1. The molecule has 2 aromatic carbocycles. The fourth-order valence-corrected chi connectivity index (χ4v) is 2.96. The van der Waals surface area contributed by atoms with Gasteiger partial charge in [-0.1, -0.05) is 41.9 Å². The highest BCUT2D eigenvalue weighted by Crippen LogP contribution is 2.20. The second-order valence-electron chi connectivity index (χ2n) is 6.03. The molecule has 0 fully saturated rings. The largest absolute Gasteiger partial charge is 0.390 e. The van der Waals surface area contributed by atoms with E-state index in [1.54, 1.807) is 24.3 Å².